The van der Waals surface area contributed by atoms with Gasteiger partial charge >= 0.3 is 5.91 Å². The topological polar surface area (TPSA) is 63.9 Å². The maximum Gasteiger partial charge on any atom is 0.311 e. The van der Waals surface area contributed by atoms with Gasteiger partial charge in [-0.2, -0.15) is 4.90 Å². The minimum Gasteiger partial charge on any atom is -0.247 e. The monoisotopic (exact) mass is 294 g/mol. The largest absolute Gasteiger partial charge is 0.311 e. The highest BCUT2D eigenvalue weighted by atomic mass is 35.5. The fourth-order valence-corrected chi connectivity index (χ4v) is 1.92. The molecule has 0 saturated heterocycles. The Morgan fingerprint density at radius 2 is 2.10 bits per heavy atom. The Hall–Kier alpha value is -2.34. The number of carbonyl (C=O) groups is 1. The molecule has 0 aliphatic carbocycles. The average Bonchev–Trinajstić information content (AvgIpc) is 2.43. The highest BCUT2D eigenvalue weighted by molar-refractivity contribution is 6.31. The highest BCUT2D eigenvalue weighted by Gasteiger charge is 2.25. The van der Waals surface area contributed by atoms with Gasteiger partial charge in [0.25, 0.3) is 5.82 Å². The predicted molar refractivity (Wildman–Crippen MR) is 72.7 cm³/mol. The number of nitrogens with zero attached hydrogens (tertiary/aromatic N) is 2. The Kier molecular flexibility index (Phi) is 4.05. The van der Waals surface area contributed by atoms with Gasteiger partial charge in [-0.15, -0.1) is 4.91 Å². The molecule has 0 spiro atoms. The van der Waals surface area contributed by atoms with Crippen molar-refractivity contribution < 1.29 is 14.2 Å². The van der Waals surface area contributed by atoms with Crippen LogP contribution in [-0.4, -0.2) is 5.91 Å². The Morgan fingerprint density at radius 3 is 2.70 bits per heavy atom. The molecule has 0 radical (unpaired) electrons. The minimum atomic E-state index is -0.578. The molecule has 1 N–H and O–H groups in total. The second-order valence-corrected chi connectivity index (χ2v) is 4.38. The third kappa shape index (κ3) is 2.80. The molecule has 2 aromatic rings. The van der Waals surface area contributed by atoms with Gasteiger partial charge in [-0.05, 0) is 17.3 Å². The second kappa shape index (κ2) is 5.75. The quantitative estimate of drug-likeness (QED) is 0.815. The molecule has 1 aromatic heterocycles. The molecule has 0 bridgehead atoms. The van der Waals surface area contributed by atoms with E-state index in [1.807, 2.05) is 0 Å². The number of amides is 1. The number of rotatable bonds is 3. The van der Waals surface area contributed by atoms with Gasteiger partial charge in [0.05, 0.1) is 17.3 Å². The number of hydrogen-bond donors (Lipinski definition) is 0. The number of nitrogens with one attached hydrogen (secondary N) is 1. The summed E-state index contributed by atoms with van der Waals surface area (Å²) in [5.74, 6) is -0.574. The smallest absolute Gasteiger partial charge is 0.247 e. The summed E-state index contributed by atoms with van der Waals surface area (Å²) in [4.78, 5) is 26.4. The fraction of sp³-hybridized carbons (Fsp3) is 0.0769. The summed E-state index contributed by atoms with van der Waals surface area (Å²) in [5.41, 5.74) is 0.543. The molecule has 7 heteroatoms. The van der Waals surface area contributed by atoms with Gasteiger partial charge < -0.3 is 0 Å². The van der Waals surface area contributed by atoms with E-state index in [9.17, 15) is 14.1 Å². The van der Waals surface area contributed by atoms with Gasteiger partial charge in [-0.25, -0.2) is 14.2 Å². The molecule has 102 valence electrons. The number of halogens is 2. The number of nitroso groups, excluding NO2 is 1. The molecule has 0 aliphatic heterocycles. The van der Waals surface area contributed by atoms with Crippen LogP contribution in [0.1, 0.15) is 6.92 Å². The molecule has 1 aromatic carbocycles. The molecule has 0 saturated carbocycles. The van der Waals surface area contributed by atoms with Crippen LogP contribution in [0.3, 0.4) is 0 Å². The summed E-state index contributed by atoms with van der Waals surface area (Å²) < 4.78 is 13.2. The lowest BCUT2D eigenvalue weighted by atomic mass is 10.2. The summed E-state index contributed by atoms with van der Waals surface area (Å²) in [5, 5.41) is 2.71. The normalized spacial score (nSPS) is 10.2. The van der Waals surface area contributed by atoms with Crippen LogP contribution in [-0.2, 0) is 4.79 Å². The minimum absolute atomic E-state index is 0.0987. The molecular formula is C13H10ClFN3O2+. The first kappa shape index (κ1) is 14.1. The Morgan fingerprint density at radius 1 is 1.35 bits per heavy atom. The zero-order chi connectivity index (χ0) is 14.7. The van der Waals surface area contributed by atoms with Gasteiger partial charge in [0.1, 0.15) is 17.2 Å². The van der Waals surface area contributed by atoms with Crippen LogP contribution in [0.2, 0.25) is 5.02 Å². The van der Waals surface area contributed by atoms with Crippen molar-refractivity contribution >= 4 is 34.7 Å². The summed E-state index contributed by atoms with van der Waals surface area (Å²) in [6, 6.07) is 6.78. The van der Waals surface area contributed by atoms with Crippen molar-refractivity contribution in [3.8, 4) is 0 Å². The SMILES string of the molecule is CC(=O)N(c1ccc(F)c(Cl)c1)c1cc(N=O)cc[nH+]1. The number of benzene rings is 1. The Labute approximate surface area is 119 Å². The maximum absolute atomic E-state index is 13.2. The van der Waals surface area contributed by atoms with E-state index in [1.165, 1.54) is 42.3 Å². The van der Waals surface area contributed by atoms with E-state index in [2.05, 4.69) is 10.2 Å². The van der Waals surface area contributed by atoms with Crippen LogP contribution in [0.4, 0.5) is 21.6 Å². The first-order valence-corrected chi connectivity index (χ1v) is 6.01. The van der Waals surface area contributed by atoms with Crippen LogP contribution >= 0.6 is 11.6 Å². The predicted octanol–water partition coefficient (Wildman–Crippen LogP) is 3.38. The van der Waals surface area contributed by atoms with Crippen molar-refractivity contribution in [2.75, 3.05) is 4.90 Å². The van der Waals surface area contributed by atoms with Crippen LogP contribution < -0.4 is 9.88 Å². The van der Waals surface area contributed by atoms with Crippen molar-refractivity contribution in [3.63, 3.8) is 0 Å². The summed E-state index contributed by atoms with van der Waals surface area (Å²) in [6.45, 7) is 1.34. The first-order valence-electron chi connectivity index (χ1n) is 5.64. The zero-order valence-electron chi connectivity index (χ0n) is 10.4. The van der Waals surface area contributed by atoms with Crippen molar-refractivity contribution in [2.24, 2.45) is 5.18 Å². The van der Waals surface area contributed by atoms with Crippen LogP contribution in [0.5, 0.6) is 0 Å². The van der Waals surface area contributed by atoms with Crippen molar-refractivity contribution in [3.05, 3.63) is 52.3 Å². The van der Waals surface area contributed by atoms with Gasteiger partial charge in [0, 0.05) is 19.1 Å². The average molecular weight is 295 g/mol. The van der Waals surface area contributed by atoms with E-state index >= 15 is 0 Å². The third-order valence-corrected chi connectivity index (χ3v) is 2.88. The molecule has 0 fully saturated rings. The maximum atomic E-state index is 13.2. The summed E-state index contributed by atoms with van der Waals surface area (Å²) >= 11 is 5.72. The standard InChI is InChI=1S/C13H9ClFN3O2/c1-8(19)18(10-2-3-12(15)11(14)7-10)13-6-9(17-20)4-5-16-13/h2-7H,1H3/p+1. The zero-order valence-corrected chi connectivity index (χ0v) is 11.2. The fourth-order valence-electron chi connectivity index (χ4n) is 1.74. The molecule has 0 unspecified atom stereocenters. The molecular weight excluding hydrogens is 285 g/mol. The summed E-state index contributed by atoms with van der Waals surface area (Å²) in [6.07, 6.45) is 1.48. The number of hydrogen-bond acceptors (Lipinski definition) is 3. The number of pyridine rings is 1. The van der Waals surface area contributed by atoms with E-state index in [-0.39, 0.29) is 16.6 Å². The van der Waals surface area contributed by atoms with E-state index < -0.39 is 5.82 Å². The molecule has 0 aliphatic rings. The van der Waals surface area contributed by atoms with Crippen LogP contribution in [0.15, 0.2) is 41.7 Å². The Bertz CT molecular complexity index is 678. The van der Waals surface area contributed by atoms with E-state index in [0.29, 0.717) is 11.5 Å². The van der Waals surface area contributed by atoms with Crippen LogP contribution in [0, 0.1) is 10.7 Å². The molecule has 1 heterocycles. The van der Waals surface area contributed by atoms with Crippen molar-refractivity contribution in [2.45, 2.75) is 6.92 Å². The number of H-pyrrole nitrogens is 1. The van der Waals surface area contributed by atoms with E-state index in [0.717, 1.165) is 6.07 Å². The number of aromatic nitrogens is 1. The van der Waals surface area contributed by atoms with Crippen molar-refractivity contribution in [1.82, 2.24) is 0 Å². The van der Waals surface area contributed by atoms with E-state index in [1.54, 1.807) is 0 Å². The van der Waals surface area contributed by atoms with Crippen molar-refractivity contribution in [1.29, 1.82) is 0 Å². The third-order valence-electron chi connectivity index (χ3n) is 2.59. The molecule has 20 heavy (non-hydrogen) atoms. The van der Waals surface area contributed by atoms with E-state index in [4.69, 9.17) is 11.6 Å². The van der Waals surface area contributed by atoms with Crippen LogP contribution in [0.25, 0.3) is 0 Å². The molecule has 2 rings (SSSR count). The lowest BCUT2D eigenvalue weighted by molar-refractivity contribution is -0.362. The van der Waals surface area contributed by atoms with Gasteiger partial charge in [0.15, 0.2) is 0 Å². The number of carbonyl (C=O) groups excluding carboxylic acids is 1. The molecule has 0 atom stereocenters. The number of aromatic amines is 1. The Balaban J connectivity index is 2.52. The molecule has 5 nitrogen and oxygen atoms in total. The van der Waals surface area contributed by atoms with Gasteiger partial charge in [0.2, 0.25) is 0 Å². The molecule has 1 amide bonds. The van der Waals surface area contributed by atoms with Gasteiger partial charge in [-0.1, -0.05) is 11.6 Å². The lowest BCUT2D eigenvalue weighted by Gasteiger charge is -2.12. The highest BCUT2D eigenvalue weighted by Crippen LogP contribution is 2.28. The first-order chi connectivity index (χ1) is 9.52. The second-order valence-electron chi connectivity index (χ2n) is 3.98. The summed E-state index contributed by atoms with van der Waals surface area (Å²) in [7, 11) is 0. The lowest BCUT2D eigenvalue weighted by Crippen LogP contribution is -2.28. The van der Waals surface area contributed by atoms with Gasteiger partial charge in [-0.3, -0.25) is 0 Å². The number of anilines is 2.